The summed E-state index contributed by atoms with van der Waals surface area (Å²) in [6.07, 6.45) is -0.649. The van der Waals surface area contributed by atoms with Crippen molar-refractivity contribution in [3.8, 4) is 0 Å². The number of halogens is 1. The van der Waals surface area contributed by atoms with E-state index in [0.29, 0.717) is 49.7 Å². The molecule has 2 aliphatic rings. The molecule has 0 radical (unpaired) electrons. The number of nitrogens with zero attached hydrogens (tertiary/aromatic N) is 3. The number of rotatable bonds is 3. The van der Waals surface area contributed by atoms with Crippen LogP contribution in [0.25, 0.3) is 0 Å². The monoisotopic (exact) mass is 389 g/mol. The number of anilines is 2. The first-order chi connectivity index (χ1) is 13.0. The van der Waals surface area contributed by atoms with Crippen LogP contribution in [0.3, 0.4) is 0 Å². The van der Waals surface area contributed by atoms with Gasteiger partial charge in [0.2, 0.25) is 0 Å². The van der Waals surface area contributed by atoms with E-state index in [0.717, 1.165) is 0 Å². The molecule has 2 aromatic rings. The second-order valence-corrected chi connectivity index (χ2v) is 7.51. The van der Waals surface area contributed by atoms with Crippen LogP contribution in [-0.4, -0.2) is 55.7 Å². The molecule has 0 N–H and O–H groups in total. The highest BCUT2D eigenvalue weighted by atomic mass is 32.1. The molecule has 1 unspecified atom stereocenters. The van der Waals surface area contributed by atoms with E-state index in [1.54, 1.807) is 24.0 Å². The molecule has 0 spiro atoms. The molecule has 0 bridgehead atoms. The summed E-state index contributed by atoms with van der Waals surface area (Å²) in [5.74, 6) is -0.356. The van der Waals surface area contributed by atoms with Gasteiger partial charge in [-0.15, -0.1) is 0 Å². The van der Waals surface area contributed by atoms with Crippen LogP contribution in [0.4, 0.5) is 20.6 Å². The van der Waals surface area contributed by atoms with E-state index >= 15 is 0 Å². The Morgan fingerprint density at radius 1 is 1.22 bits per heavy atom. The van der Waals surface area contributed by atoms with Gasteiger partial charge in [0, 0.05) is 31.6 Å². The van der Waals surface area contributed by atoms with Crippen molar-refractivity contribution in [2.45, 2.75) is 13.0 Å². The summed E-state index contributed by atoms with van der Waals surface area (Å²) in [6.45, 7) is 4.45. The Morgan fingerprint density at radius 2 is 2.00 bits per heavy atom. The molecular formula is C19H20FN3O3S. The molecule has 1 aromatic carbocycles. The fourth-order valence-corrected chi connectivity index (χ4v) is 4.08. The summed E-state index contributed by atoms with van der Waals surface area (Å²) in [5, 5.41) is 3.73. The van der Waals surface area contributed by atoms with Crippen LogP contribution in [0, 0.1) is 5.82 Å². The number of cyclic esters (lactones) is 1. The maximum Gasteiger partial charge on any atom is 0.414 e. The van der Waals surface area contributed by atoms with Gasteiger partial charge in [-0.05, 0) is 36.6 Å². The van der Waals surface area contributed by atoms with E-state index in [-0.39, 0.29) is 17.8 Å². The summed E-state index contributed by atoms with van der Waals surface area (Å²) in [7, 11) is 0. The number of amides is 2. The first-order valence-corrected chi connectivity index (χ1v) is 9.81. The van der Waals surface area contributed by atoms with Crippen molar-refractivity contribution in [2.75, 3.05) is 42.5 Å². The van der Waals surface area contributed by atoms with Gasteiger partial charge in [-0.1, -0.05) is 0 Å². The number of hydrogen-bond donors (Lipinski definition) is 0. The number of piperazine rings is 1. The van der Waals surface area contributed by atoms with Gasteiger partial charge in [0.25, 0.3) is 5.91 Å². The average Bonchev–Trinajstić information content (AvgIpc) is 3.31. The molecule has 4 rings (SSSR count). The number of carbonyl (C=O) groups excluding carboxylic acids is 2. The number of benzene rings is 1. The van der Waals surface area contributed by atoms with Gasteiger partial charge in [-0.25, -0.2) is 9.18 Å². The minimum atomic E-state index is -0.449. The maximum absolute atomic E-state index is 14.7. The molecule has 0 saturated carbocycles. The highest BCUT2D eigenvalue weighted by Crippen LogP contribution is 2.28. The van der Waals surface area contributed by atoms with Gasteiger partial charge in [0.05, 0.1) is 23.5 Å². The standard InChI is InChI=1S/C19H20FN3O3S/c1-13-11-23(19(25)26-13)15-2-3-17(16(20)10-15)21-5-7-22(8-6-21)18(24)14-4-9-27-12-14/h2-4,9-10,12-13H,5-8,11H2,1H3. The summed E-state index contributed by atoms with van der Waals surface area (Å²) in [4.78, 5) is 29.4. The first-order valence-electron chi connectivity index (χ1n) is 8.87. The lowest BCUT2D eigenvalue weighted by molar-refractivity contribution is 0.0747. The van der Waals surface area contributed by atoms with E-state index in [9.17, 15) is 14.0 Å². The van der Waals surface area contributed by atoms with E-state index in [4.69, 9.17) is 4.74 Å². The Morgan fingerprint density at radius 3 is 2.59 bits per heavy atom. The largest absolute Gasteiger partial charge is 0.444 e. The molecule has 6 nitrogen and oxygen atoms in total. The normalized spacial score (nSPS) is 20.1. The molecule has 2 amide bonds. The number of thiophene rings is 1. The molecule has 1 aromatic heterocycles. The minimum Gasteiger partial charge on any atom is -0.444 e. The van der Waals surface area contributed by atoms with Crippen LogP contribution in [0.15, 0.2) is 35.0 Å². The van der Waals surface area contributed by atoms with Crippen LogP contribution in [0.2, 0.25) is 0 Å². The lowest BCUT2D eigenvalue weighted by Crippen LogP contribution is -2.49. The summed E-state index contributed by atoms with van der Waals surface area (Å²) < 4.78 is 19.8. The Kier molecular flexibility index (Phi) is 4.73. The SMILES string of the molecule is CC1CN(c2ccc(N3CCN(C(=O)c4ccsc4)CC3)c(F)c2)C(=O)O1. The first kappa shape index (κ1) is 17.8. The number of carbonyl (C=O) groups is 2. The molecular weight excluding hydrogens is 369 g/mol. The maximum atomic E-state index is 14.7. The van der Waals surface area contributed by atoms with Gasteiger partial charge < -0.3 is 14.5 Å². The van der Waals surface area contributed by atoms with E-state index in [1.165, 1.54) is 22.3 Å². The van der Waals surface area contributed by atoms with Crippen molar-refractivity contribution in [3.63, 3.8) is 0 Å². The molecule has 1 atom stereocenters. The van der Waals surface area contributed by atoms with Crippen molar-refractivity contribution in [1.82, 2.24) is 4.90 Å². The molecule has 142 valence electrons. The van der Waals surface area contributed by atoms with Crippen molar-refractivity contribution < 1.29 is 18.7 Å². The minimum absolute atomic E-state index is 0.0217. The van der Waals surface area contributed by atoms with Crippen molar-refractivity contribution in [3.05, 3.63) is 46.4 Å². The third-order valence-corrected chi connectivity index (χ3v) is 5.56. The smallest absolute Gasteiger partial charge is 0.414 e. The van der Waals surface area contributed by atoms with Gasteiger partial charge in [0.15, 0.2) is 0 Å². The van der Waals surface area contributed by atoms with E-state index < -0.39 is 6.09 Å². The van der Waals surface area contributed by atoms with Crippen LogP contribution in [-0.2, 0) is 4.74 Å². The van der Waals surface area contributed by atoms with E-state index in [2.05, 4.69) is 0 Å². The van der Waals surface area contributed by atoms with Crippen LogP contribution < -0.4 is 9.80 Å². The predicted molar refractivity (Wildman–Crippen MR) is 102 cm³/mol. The van der Waals surface area contributed by atoms with Crippen LogP contribution in [0.5, 0.6) is 0 Å². The quantitative estimate of drug-likeness (QED) is 0.809. The molecule has 0 aliphatic carbocycles. The molecule has 2 aliphatic heterocycles. The second-order valence-electron chi connectivity index (χ2n) is 6.73. The molecule has 27 heavy (non-hydrogen) atoms. The van der Waals surface area contributed by atoms with Crippen LogP contribution >= 0.6 is 11.3 Å². The summed E-state index contributed by atoms with van der Waals surface area (Å²) >= 11 is 1.50. The lowest BCUT2D eigenvalue weighted by atomic mass is 10.2. The Hall–Kier alpha value is -2.61. The third-order valence-electron chi connectivity index (χ3n) is 4.88. The summed E-state index contributed by atoms with van der Waals surface area (Å²) in [5.41, 5.74) is 1.69. The van der Waals surface area contributed by atoms with E-state index in [1.807, 2.05) is 21.7 Å². The Balaban J connectivity index is 1.43. The zero-order valence-corrected chi connectivity index (χ0v) is 15.7. The van der Waals surface area contributed by atoms with Gasteiger partial charge in [-0.2, -0.15) is 11.3 Å². The second kappa shape index (κ2) is 7.19. The molecule has 8 heteroatoms. The van der Waals surface area contributed by atoms with Gasteiger partial charge >= 0.3 is 6.09 Å². The number of hydrogen-bond acceptors (Lipinski definition) is 5. The van der Waals surface area contributed by atoms with Gasteiger partial charge in [-0.3, -0.25) is 9.69 Å². The average molecular weight is 389 g/mol. The Labute approximate surface area is 160 Å². The van der Waals surface area contributed by atoms with Crippen molar-refractivity contribution >= 4 is 34.7 Å². The Bertz CT molecular complexity index is 850. The highest BCUT2D eigenvalue weighted by Gasteiger charge is 2.30. The zero-order valence-electron chi connectivity index (χ0n) is 14.9. The van der Waals surface area contributed by atoms with Crippen molar-refractivity contribution in [2.24, 2.45) is 0 Å². The third kappa shape index (κ3) is 3.49. The molecule has 3 heterocycles. The summed E-state index contributed by atoms with van der Waals surface area (Å²) in [6, 6.07) is 6.62. The lowest BCUT2D eigenvalue weighted by Gasteiger charge is -2.36. The van der Waals surface area contributed by atoms with Crippen molar-refractivity contribution in [1.29, 1.82) is 0 Å². The highest BCUT2D eigenvalue weighted by molar-refractivity contribution is 7.08. The molecule has 2 fully saturated rings. The fraction of sp³-hybridized carbons (Fsp3) is 0.368. The van der Waals surface area contributed by atoms with Gasteiger partial charge in [0.1, 0.15) is 11.9 Å². The zero-order chi connectivity index (χ0) is 19.0. The topological polar surface area (TPSA) is 53.1 Å². The van der Waals surface area contributed by atoms with Crippen LogP contribution in [0.1, 0.15) is 17.3 Å². The molecule has 2 saturated heterocycles. The predicted octanol–water partition coefficient (Wildman–Crippen LogP) is 3.19. The fourth-order valence-electron chi connectivity index (χ4n) is 3.45. The number of ether oxygens (including phenoxy) is 1.